The lowest BCUT2D eigenvalue weighted by Gasteiger charge is -2.26. The van der Waals surface area contributed by atoms with Crippen LogP contribution in [0.25, 0.3) is 5.57 Å². The summed E-state index contributed by atoms with van der Waals surface area (Å²) < 4.78 is 32.8. The average Bonchev–Trinajstić information content (AvgIpc) is 2.82. The molecule has 6 heteroatoms. The lowest BCUT2D eigenvalue weighted by atomic mass is 9.78. The first-order chi connectivity index (χ1) is 17.5. The van der Waals surface area contributed by atoms with E-state index in [1.165, 1.54) is 24.3 Å². The molecule has 0 aliphatic heterocycles. The van der Waals surface area contributed by atoms with Crippen molar-refractivity contribution in [3.8, 4) is 0 Å². The Balaban J connectivity index is 1.93. The number of carbonyl (C=O) groups is 1. The second-order valence-electron chi connectivity index (χ2n) is 10.8. The standard InChI is InChI=1S/C31H38F2O4/c1-31(2,3)37-29(36)20-27(35)19-26(34)17-18-28(21-7-5-4-6-8-21)30(22-9-13-24(32)14-10-22)23-11-15-25(33)16-12-23/h9-18,21,26-27,34-35H,4-8,19-20H2,1-3H3/b18-17+. The molecule has 2 atom stereocenters. The molecule has 2 aromatic carbocycles. The molecular formula is C31H38F2O4. The Morgan fingerprint density at radius 3 is 1.95 bits per heavy atom. The summed E-state index contributed by atoms with van der Waals surface area (Å²) in [5.41, 5.74) is 2.81. The van der Waals surface area contributed by atoms with E-state index in [0.717, 1.165) is 54.4 Å². The monoisotopic (exact) mass is 512 g/mol. The topological polar surface area (TPSA) is 66.8 Å². The second kappa shape index (κ2) is 13.1. The molecule has 2 unspecified atom stereocenters. The van der Waals surface area contributed by atoms with Crippen molar-refractivity contribution in [3.63, 3.8) is 0 Å². The van der Waals surface area contributed by atoms with Gasteiger partial charge in [0.2, 0.25) is 0 Å². The normalized spacial score (nSPS) is 16.4. The molecule has 37 heavy (non-hydrogen) atoms. The minimum Gasteiger partial charge on any atom is -0.460 e. The fraction of sp³-hybridized carbons (Fsp3) is 0.452. The molecule has 3 rings (SSSR count). The zero-order valence-electron chi connectivity index (χ0n) is 21.9. The van der Waals surface area contributed by atoms with E-state index in [1.54, 1.807) is 51.1 Å². The lowest BCUT2D eigenvalue weighted by Crippen LogP contribution is -2.27. The van der Waals surface area contributed by atoms with Gasteiger partial charge in [0, 0.05) is 6.42 Å². The molecule has 1 saturated carbocycles. The van der Waals surface area contributed by atoms with Crippen LogP contribution in [-0.2, 0) is 9.53 Å². The smallest absolute Gasteiger partial charge is 0.308 e. The molecule has 1 fully saturated rings. The molecule has 200 valence electrons. The predicted molar refractivity (Wildman–Crippen MR) is 142 cm³/mol. The largest absolute Gasteiger partial charge is 0.460 e. The number of allylic oxidation sites excluding steroid dienone is 2. The molecule has 0 aromatic heterocycles. The summed E-state index contributed by atoms with van der Waals surface area (Å²) in [6, 6.07) is 12.5. The van der Waals surface area contributed by atoms with Crippen molar-refractivity contribution in [2.45, 2.75) is 83.5 Å². The van der Waals surface area contributed by atoms with Gasteiger partial charge in [0.25, 0.3) is 0 Å². The number of ether oxygens (including phenoxy) is 1. The van der Waals surface area contributed by atoms with E-state index < -0.39 is 23.8 Å². The van der Waals surface area contributed by atoms with Crippen LogP contribution < -0.4 is 0 Å². The van der Waals surface area contributed by atoms with E-state index in [1.807, 2.05) is 6.08 Å². The summed E-state index contributed by atoms with van der Waals surface area (Å²) >= 11 is 0. The molecule has 0 heterocycles. The van der Waals surface area contributed by atoms with Crippen LogP contribution in [0.5, 0.6) is 0 Å². The van der Waals surface area contributed by atoms with Crippen molar-refractivity contribution >= 4 is 11.5 Å². The second-order valence-corrected chi connectivity index (χ2v) is 10.8. The summed E-state index contributed by atoms with van der Waals surface area (Å²) in [5.74, 6) is -0.986. The summed E-state index contributed by atoms with van der Waals surface area (Å²) in [6.45, 7) is 5.27. The molecule has 1 aliphatic rings. The van der Waals surface area contributed by atoms with Gasteiger partial charge in [-0.1, -0.05) is 55.7 Å². The Hall–Kier alpha value is -2.83. The quantitative estimate of drug-likeness (QED) is 0.288. The zero-order chi connectivity index (χ0) is 27.0. The van der Waals surface area contributed by atoms with Gasteiger partial charge in [-0.15, -0.1) is 0 Å². The third kappa shape index (κ3) is 9.20. The molecule has 4 nitrogen and oxygen atoms in total. The molecule has 2 N–H and O–H groups in total. The third-order valence-electron chi connectivity index (χ3n) is 6.43. The first-order valence-corrected chi connectivity index (χ1v) is 13.0. The van der Waals surface area contributed by atoms with E-state index in [2.05, 4.69) is 0 Å². The summed E-state index contributed by atoms with van der Waals surface area (Å²) in [4.78, 5) is 12.0. The number of hydrogen-bond acceptors (Lipinski definition) is 4. The van der Waals surface area contributed by atoms with Gasteiger partial charge in [-0.25, -0.2) is 8.78 Å². The van der Waals surface area contributed by atoms with Gasteiger partial charge in [-0.3, -0.25) is 4.79 Å². The SMILES string of the molecule is CC(C)(C)OC(=O)CC(O)CC(O)/C=C/C(=C(c1ccc(F)cc1)c1ccc(F)cc1)C1CCCCC1. The maximum atomic E-state index is 13.7. The van der Waals surface area contributed by atoms with Crippen LogP contribution in [0.1, 0.15) is 76.8 Å². The van der Waals surface area contributed by atoms with Crippen molar-refractivity contribution < 1.29 is 28.5 Å². The Morgan fingerprint density at radius 2 is 1.46 bits per heavy atom. The van der Waals surface area contributed by atoms with Gasteiger partial charge >= 0.3 is 5.97 Å². The number of hydrogen-bond donors (Lipinski definition) is 2. The van der Waals surface area contributed by atoms with Crippen LogP contribution in [0.2, 0.25) is 0 Å². The van der Waals surface area contributed by atoms with Crippen LogP contribution >= 0.6 is 0 Å². The minimum absolute atomic E-state index is 0.0177. The van der Waals surface area contributed by atoms with Gasteiger partial charge in [-0.2, -0.15) is 0 Å². The van der Waals surface area contributed by atoms with E-state index in [-0.39, 0.29) is 30.4 Å². The Labute approximate surface area is 218 Å². The summed E-state index contributed by atoms with van der Waals surface area (Å²) in [5, 5.41) is 21.0. The first-order valence-electron chi connectivity index (χ1n) is 13.0. The van der Waals surface area contributed by atoms with E-state index in [9.17, 15) is 23.8 Å². The highest BCUT2D eigenvalue weighted by Crippen LogP contribution is 2.38. The van der Waals surface area contributed by atoms with Crippen molar-refractivity contribution in [3.05, 3.63) is 89.0 Å². The van der Waals surface area contributed by atoms with E-state index in [4.69, 9.17) is 4.74 Å². The number of halogens is 2. The number of benzene rings is 2. The fourth-order valence-electron chi connectivity index (χ4n) is 4.80. The molecule has 0 spiro atoms. The fourth-order valence-corrected chi connectivity index (χ4v) is 4.80. The molecule has 2 aromatic rings. The van der Waals surface area contributed by atoms with Gasteiger partial charge in [0.1, 0.15) is 17.2 Å². The highest BCUT2D eigenvalue weighted by molar-refractivity contribution is 5.84. The first kappa shape index (κ1) is 28.7. The molecule has 0 amide bonds. The van der Waals surface area contributed by atoms with Crippen molar-refractivity contribution in [2.75, 3.05) is 0 Å². The van der Waals surface area contributed by atoms with Gasteiger partial charge < -0.3 is 14.9 Å². The van der Waals surface area contributed by atoms with Crippen molar-refractivity contribution in [2.24, 2.45) is 5.92 Å². The maximum absolute atomic E-state index is 13.7. The lowest BCUT2D eigenvalue weighted by molar-refractivity contribution is -0.157. The summed E-state index contributed by atoms with van der Waals surface area (Å²) in [7, 11) is 0. The van der Waals surface area contributed by atoms with Crippen LogP contribution in [0.3, 0.4) is 0 Å². The highest BCUT2D eigenvalue weighted by Gasteiger charge is 2.23. The van der Waals surface area contributed by atoms with Crippen molar-refractivity contribution in [1.82, 2.24) is 0 Å². The highest BCUT2D eigenvalue weighted by atomic mass is 19.1. The van der Waals surface area contributed by atoms with Gasteiger partial charge in [0.05, 0.1) is 18.6 Å². The Bertz CT molecular complexity index is 1030. The number of rotatable bonds is 9. The minimum atomic E-state index is -1.05. The van der Waals surface area contributed by atoms with Crippen molar-refractivity contribution in [1.29, 1.82) is 0 Å². The third-order valence-corrected chi connectivity index (χ3v) is 6.43. The maximum Gasteiger partial charge on any atom is 0.308 e. The Kier molecular flexibility index (Phi) is 10.2. The Morgan fingerprint density at radius 1 is 0.946 bits per heavy atom. The predicted octanol–water partition coefficient (Wildman–Crippen LogP) is 6.75. The number of aliphatic hydroxyl groups excluding tert-OH is 2. The van der Waals surface area contributed by atoms with Crippen LogP contribution in [-0.4, -0.2) is 34.0 Å². The number of aliphatic hydroxyl groups is 2. The molecule has 0 radical (unpaired) electrons. The van der Waals surface area contributed by atoms with E-state index >= 15 is 0 Å². The van der Waals surface area contributed by atoms with Crippen LogP contribution in [0.15, 0.2) is 66.3 Å². The molecule has 0 bridgehead atoms. The van der Waals surface area contributed by atoms with Gasteiger partial charge in [-0.05, 0) is 86.1 Å². The zero-order valence-corrected chi connectivity index (χ0v) is 21.9. The number of esters is 1. The van der Waals surface area contributed by atoms with Crippen LogP contribution in [0, 0.1) is 17.6 Å². The average molecular weight is 513 g/mol. The van der Waals surface area contributed by atoms with E-state index in [0.29, 0.717) is 0 Å². The van der Waals surface area contributed by atoms with Crippen LogP contribution in [0.4, 0.5) is 8.78 Å². The molecular weight excluding hydrogens is 474 g/mol. The summed E-state index contributed by atoms with van der Waals surface area (Å²) in [6.07, 6.45) is 6.53. The van der Waals surface area contributed by atoms with Gasteiger partial charge in [0.15, 0.2) is 0 Å². The molecule has 1 aliphatic carbocycles. The number of carbonyl (C=O) groups excluding carboxylic acids is 1. The molecule has 0 saturated heterocycles.